The molecule has 0 saturated carbocycles. The topological polar surface area (TPSA) is 160 Å². The van der Waals surface area contributed by atoms with E-state index < -0.39 is 29.2 Å². The van der Waals surface area contributed by atoms with Gasteiger partial charge >= 0.3 is 5.97 Å². The maximum absolute atomic E-state index is 12.6. The van der Waals surface area contributed by atoms with Crippen molar-refractivity contribution >= 4 is 69.1 Å². The van der Waals surface area contributed by atoms with Gasteiger partial charge in [-0.2, -0.15) is 0 Å². The molecule has 4 N–H and O–H groups in total. The van der Waals surface area contributed by atoms with E-state index in [4.69, 9.17) is 10.6 Å². The molecule has 11 nitrogen and oxygen atoms in total. The molecule has 0 bridgehead atoms. The standard InChI is InChI=1S/C15H14N6O5S3/c1-26-20-8(7-4-29-15(16)18-7)11(22)19-9-12(23)21-10(14(24)25)6(2-17-5-27)3-28-13(9)21/h4,9,13H,2-3H2,1H3,(H2,16,18)(H,19,22)(H,24,25)/t9?,13-/m0/s1. The SMILES string of the molecule is CON=C(C(=O)NC1C(=O)N2C(C(=O)O)=C(CN=C=S)CS[C@@H]12)c1csc(N)n1. The number of hydrogen-bond donors (Lipinski definition) is 3. The first kappa shape index (κ1) is 20.9. The van der Waals surface area contributed by atoms with Crippen LogP contribution in [-0.2, 0) is 19.2 Å². The second-order valence-electron chi connectivity index (χ2n) is 5.72. The molecule has 2 aliphatic heterocycles. The van der Waals surface area contributed by atoms with Crippen molar-refractivity contribution in [3.05, 3.63) is 22.3 Å². The van der Waals surface area contributed by atoms with Crippen LogP contribution in [0.15, 0.2) is 26.8 Å². The van der Waals surface area contributed by atoms with Gasteiger partial charge in [-0.25, -0.2) is 14.8 Å². The lowest BCUT2D eigenvalue weighted by atomic mass is 10.0. The number of thiazole rings is 1. The van der Waals surface area contributed by atoms with E-state index in [1.54, 1.807) is 0 Å². The first-order valence-corrected chi connectivity index (χ1v) is 10.3. The number of hydrogen-bond acceptors (Lipinski definition) is 11. The number of amides is 2. The first-order valence-electron chi connectivity index (χ1n) is 7.96. The smallest absolute Gasteiger partial charge is 0.352 e. The quantitative estimate of drug-likeness (QED) is 0.221. The van der Waals surface area contributed by atoms with Crippen LogP contribution in [0, 0.1) is 0 Å². The van der Waals surface area contributed by atoms with Gasteiger partial charge in [-0.3, -0.25) is 14.5 Å². The molecular weight excluding hydrogens is 440 g/mol. The summed E-state index contributed by atoms with van der Waals surface area (Å²) < 4.78 is 0. The number of carbonyl (C=O) groups is 3. The van der Waals surface area contributed by atoms with Crippen molar-refractivity contribution in [2.24, 2.45) is 10.1 Å². The van der Waals surface area contributed by atoms with Gasteiger partial charge in [0.15, 0.2) is 10.8 Å². The number of nitrogen functional groups attached to an aromatic ring is 1. The Morgan fingerprint density at radius 2 is 2.34 bits per heavy atom. The van der Waals surface area contributed by atoms with Crippen molar-refractivity contribution in [2.75, 3.05) is 25.1 Å². The number of nitrogens with zero attached hydrogens (tertiary/aromatic N) is 4. The summed E-state index contributed by atoms with van der Waals surface area (Å²) in [5.74, 6) is -2.16. The largest absolute Gasteiger partial charge is 0.477 e. The minimum absolute atomic E-state index is 0.0432. The number of thioether (sulfide) groups is 1. The molecule has 3 heterocycles. The summed E-state index contributed by atoms with van der Waals surface area (Å²) in [6.45, 7) is 0.0432. The predicted molar refractivity (Wildman–Crippen MR) is 110 cm³/mol. The van der Waals surface area contributed by atoms with Crippen molar-refractivity contribution in [2.45, 2.75) is 11.4 Å². The zero-order valence-corrected chi connectivity index (χ0v) is 17.3. The third-order valence-electron chi connectivity index (χ3n) is 4.03. The number of nitrogens with one attached hydrogen (secondary N) is 1. The summed E-state index contributed by atoms with van der Waals surface area (Å²) in [5.41, 5.74) is 5.96. The molecule has 1 fully saturated rings. The number of nitrogens with two attached hydrogens (primary N) is 1. The van der Waals surface area contributed by atoms with Crippen molar-refractivity contribution in [1.82, 2.24) is 15.2 Å². The number of aliphatic carboxylic acids is 1. The van der Waals surface area contributed by atoms with Gasteiger partial charge in [0.2, 0.25) is 0 Å². The van der Waals surface area contributed by atoms with Gasteiger partial charge in [0, 0.05) is 11.1 Å². The lowest BCUT2D eigenvalue weighted by Crippen LogP contribution is -2.71. The molecule has 152 valence electrons. The predicted octanol–water partition coefficient (Wildman–Crippen LogP) is -0.0828. The van der Waals surface area contributed by atoms with Crippen LogP contribution in [0.25, 0.3) is 0 Å². The molecule has 2 aliphatic rings. The van der Waals surface area contributed by atoms with Gasteiger partial charge in [0.1, 0.15) is 29.9 Å². The average molecular weight is 455 g/mol. The fourth-order valence-electron chi connectivity index (χ4n) is 2.83. The summed E-state index contributed by atoms with van der Waals surface area (Å²) in [6.07, 6.45) is 0. The number of isothiocyanates is 1. The molecular formula is C15H14N6O5S3. The van der Waals surface area contributed by atoms with Crippen molar-refractivity contribution in [3.63, 3.8) is 0 Å². The van der Waals surface area contributed by atoms with Gasteiger partial charge < -0.3 is 21.0 Å². The fraction of sp³-hybridized carbons (Fsp3) is 0.333. The number of fused-ring (bicyclic) bond motifs is 1. The molecule has 0 aromatic carbocycles. The van der Waals surface area contributed by atoms with Crippen molar-refractivity contribution < 1.29 is 24.3 Å². The lowest BCUT2D eigenvalue weighted by molar-refractivity contribution is -0.150. The number of β-lactam (4-membered cyclic amide) rings is 1. The Hall–Kier alpha value is -2.80. The van der Waals surface area contributed by atoms with Crippen LogP contribution >= 0.6 is 35.3 Å². The number of thiocarbonyl (C=S) groups is 1. The van der Waals surface area contributed by atoms with Gasteiger partial charge in [0.25, 0.3) is 11.8 Å². The highest BCUT2D eigenvalue weighted by molar-refractivity contribution is 8.00. The zero-order valence-electron chi connectivity index (χ0n) is 14.8. The minimum atomic E-state index is -1.25. The van der Waals surface area contributed by atoms with Gasteiger partial charge in [-0.15, -0.1) is 23.1 Å². The Balaban J connectivity index is 1.79. The molecule has 1 aromatic rings. The lowest BCUT2D eigenvalue weighted by Gasteiger charge is -2.49. The molecule has 1 aromatic heterocycles. The van der Waals surface area contributed by atoms with E-state index in [-0.39, 0.29) is 28.8 Å². The number of aliphatic imine (C=N–C) groups is 1. The van der Waals surface area contributed by atoms with Crippen molar-refractivity contribution in [1.29, 1.82) is 0 Å². The highest BCUT2D eigenvalue weighted by atomic mass is 32.2. The van der Waals surface area contributed by atoms with E-state index in [0.29, 0.717) is 11.3 Å². The average Bonchev–Trinajstić information content (AvgIpc) is 3.13. The van der Waals surface area contributed by atoms with E-state index in [0.717, 1.165) is 16.2 Å². The zero-order chi connectivity index (χ0) is 21.1. The van der Waals surface area contributed by atoms with E-state index in [9.17, 15) is 19.5 Å². The molecule has 2 amide bonds. The Labute approximate surface area is 177 Å². The molecule has 1 unspecified atom stereocenters. The number of rotatable bonds is 7. The van der Waals surface area contributed by atoms with E-state index >= 15 is 0 Å². The summed E-state index contributed by atoms with van der Waals surface area (Å²) in [7, 11) is 1.27. The molecule has 0 aliphatic carbocycles. The van der Waals surface area contributed by atoms with E-state index in [1.165, 1.54) is 24.3 Å². The maximum Gasteiger partial charge on any atom is 0.352 e. The van der Waals surface area contributed by atoms with E-state index in [2.05, 4.69) is 37.8 Å². The Kier molecular flexibility index (Phi) is 6.27. The summed E-state index contributed by atoms with van der Waals surface area (Å²) in [4.78, 5) is 50.5. The summed E-state index contributed by atoms with van der Waals surface area (Å²) in [5, 5.41) is 19.2. The van der Waals surface area contributed by atoms with Gasteiger partial charge in [-0.1, -0.05) is 5.16 Å². The Bertz CT molecular complexity index is 983. The number of carbonyl (C=O) groups excluding carboxylic acids is 2. The van der Waals surface area contributed by atoms with Crippen LogP contribution in [0.4, 0.5) is 5.13 Å². The van der Waals surface area contributed by atoms with Crippen LogP contribution in [-0.4, -0.2) is 74.5 Å². The highest BCUT2D eigenvalue weighted by Crippen LogP contribution is 2.40. The number of carboxylic acid groups (broad SMARTS) is 1. The third-order valence-corrected chi connectivity index (χ3v) is 6.18. The summed E-state index contributed by atoms with van der Waals surface area (Å²) in [6, 6.07) is -0.921. The van der Waals surface area contributed by atoms with Crippen LogP contribution in [0.2, 0.25) is 0 Å². The minimum Gasteiger partial charge on any atom is -0.477 e. The first-order chi connectivity index (χ1) is 13.9. The normalized spacial score (nSPS) is 21.1. The highest BCUT2D eigenvalue weighted by Gasteiger charge is 2.54. The van der Waals surface area contributed by atoms with Crippen molar-refractivity contribution in [3.8, 4) is 0 Å². The molecule has 0 radical (unpaired) electrons. The molecule has 0 spiro atoms. The molecule has 14 heteroatoms. The molecule has 2 atom stereocenters. The monoisotopic (exact) mass is 454 g/mol. The van der Waals surface area contributed by atoms with Crippen LogP contribution < -0.4 is 11.1 Å². The fourth-order valence-corrected chi connectivity index (χ4v) is 4.78. The second kappa shape index (κ2) is 8.69. The number of oxime groups is 1. The Morgan fingerprint density at radius 1 is 1.59 bits per heavy atom. The number of aromatic nitrogens is 1. The maximum atomic E-state index is 12.6. The Morgan fingerprint density at radius 3 is 2.93 bits per heavy atom. The van der Waals surface area contributed by atoms with Gasteiger partial charge in [-0.05, 0) is 17.8 Å². The van der Waals surface area contributed by atoms with Gasteiger partial charge in [0.05, 0.1) is 11.7 Å². The van der Waals surface area contributed by atoms with Crippen LogP contribution in [0.3, 0.4) is 0 Å². The summed E-state index contributed by atoms with van der Waals surface area (Å²) >= 11 is 6.95. The van der Waals surface area contributed by atoms with E-state index in [1.807, 2.05) is 0 Å². The third kappa shape index (κ3) is 4.00. The van der Waals surface area contributed by atoms with Crippen LogP contribution in [0.5, 0.6) is 0 Å². The number of anilines is 1. The molecule has 1 saturated heterocycles. The molecule has 29 heavy (non-hydrogen) atoms. The molecule has 3 rings (SSSR count). The second-order valence-corrected chi connectivity index (χ2v) is 7.90. The number of carboxylic acids is 1. The van der Waals surface area contributed by atoms with Crippen LogP contribution in [0.1, 0.15) is 5.69 Å².